The summed E-state index contributed by atoms with van der Waals surface area (Å²) < 4.78 is 19.8. The van der Waals surface area contributed by atoms with Crippen molar-refractivity contribution in [2.24, 2.45) is 0 Å². The Morgan fingerprint density at radius 2 is 1.74 bits per heavy atom. The number of amides is 2. The van der Waals surface area contributed by atoms with E-state index in [0.717, 1.165) is 18.4 Å². The first-order chi connectivity index (χ1) is 17.1. The highest BCUT2D eigenvalue weighted by molar-refractivity contribution is 5.86. The predicted molar refractivity (Wildman–Crippen MR) is 131 cm³/mol. The van der Waals surface area contributed by atoms with Gasteiger partial charge in [-0.05, 0) is 43.0 Å². The van der Waals surface area contributed by atoms with Gasteiger partial charge >= 0.3 is 6.03 Å². The Balaban J connectivity index is 1.50. The molecule has 0 spiro atoms. The van der Waals surface area contributed by atoms with Gasteiger partial charge in [0.2, 0.25) is 5.82 Å². The van der Waals surface area contributed by atoms with Crippen molar-refractivity contribution in [3.05, 3.63) is 113 Å². The summed E-state index contributed by atoms with van der Waals surface area (Å²) in [6.45, 7) is 2.39. The summed E-state index contributed by atoms with van der Waals surface area (Å²) in [5.74, 6) is 0.365. The smallest absolute Gasteiger partial charge is 0.322 e. The lowest BCUT2D eigenvalue weighted by molar-refractivity contribution is 0.204. The first kappa shape index (κ1) is 22.5. The molecule has 3 aromatic carbocycles. The third-order valence-electron chi connectivity index (χ3n) is 6.16. The molecule has 6 nitrogen and oxygen atoms in total. The molecule has 2 heterocycles. The number of hydrogen-bond acceptors (Lipinski definition) is 4. The van der Waals surface area contributed by atoms with Crippen LogP contribution in [0, 0.1) is 5.82 Å². The summed E-state index contributed by atoms with van der Waals surface area (Å²) in [6.07, 6.45) is 1.63. The number of urea groups is 1. The average molecular weight is 469 g/mol. The topological polar surface area (TPSA) is 71.3 Å². The first-order valence-corrected chi connectivity index (χ1v) is 11.6. The van der Waals surface area contributed by atoms with Crippen LogP contribution in [0.3, 0.4) is 0 Å². The third kappa shape index (κ3) is 4.84. The molecule has 7 heteroatoms. The maximum Gasteiger partial charge on any atom is 0.322 e. The number of hydrogen-bond donors (Lipinski definition) is 1. The van der Waals surface area contributed by atoms with E-state index in [4.69, 9.17) is 4.52 Å². The zero-order valence-corrected chi connectivity index (χ0v) is 19.3. The molecule has 1 N–H and O–H groups in total. The van der Waals surface area contributed by atoms with Crippen LogP contribution in [0.2, 0.25) is 0 Å². The molecule has 1 unspecified atom stereocenters. The van der Waals surface area contributed by atoms with E-state index >= 15 is 0 Å². The monoisotopic (exact) mass is 468 g/mol. The summed E-state index contributed by atoms with van der Waals surface area (Å²) in [7, 11) is 0. The van der Waals surface area contributed by atoms with E-state index < -0.39 is 6.04 Å². The molecule has 5 rings (SSSR count). The molecule has 0 radical (unpaired) electrons. The van der Waals surface area contributed by atoms with E-state index in [1.54, 1.807) is 17.0 Å². The van der Waals surface area contributed by atoms with Crippen molar-refractivity contribution in [2.75, 3.05) is 6.54 Å². The number of halogens is 1. The van der Waals surface area contributed by atoms with Crippen molar-refractivity contribution in [1.82, 2.24) is 20.4 Å². The quantitative estimate of drug-likeness (QED) is 0.361. The second-order valence-electron chi connectivity index (χ2n) is 8.47. The molecule has 4 aromatic rings. The van der Waals surface area contributed by atoms with Crippen LogP contribution in [-0.4, -0.2) is 27.6 Å². The van der Waals surface area contributed by atoms with E-state index in [-0.39, 0.29) is 11.8 Å². The molecule has 0 fully saturated rings. The molecule has 0 saturated carbocycles. The fourth-order valence-corrected chi connectivity index (χ4v) is 4.39. The van der Waals surface area contributed by atoms with E-state index in [0.29, 0.717) is 35.1 Å². The van der Waals surface area contributed by atoms with Crippen LogP contribution in [-0.2, 0) is 6.42 Å². The predicted octanol–water partition coefficient (Wildman–Crippen LogP) is 6.01. The minimum absolute atomic E-state index is 0.239. The third-order valence-corrected chi connectivity index (χ3v) is 6.16. The van der Waals surface area contributed by atoms with Crippen molar-refractivity contribution in [2.45, 2.75) is 25.8 Å². The van der Waals surface area contributed by atoms with Gasteiger partial charge in [-0.1, -0.05) is 78.0 Å². The Morgan fingerprint density at radius 1 is 1.00 bits per heavy atom. The number of carbonyl (C=O) groups excluding carboxylic acids is 1. The number of carbonyl (C=O) groups is 1. The van der Waals surface area contributed by atoms with Gasteiger partial charge in [0.05, 0.1) is 11.6 Å². The highest BCUT2D eigenvalue weighted by atomic mass is 19.1. The summed E-state index contributed by atoms with van der Waals surface area (Å²) in [5, 5.41) is 7.18. The van der Waals surface area contributed by atoms with Crippen molar-refractivity contribution in [1.29, 1.82) is 0 Å². The molecule has 176 valence electrons. The van der Waals surface area contributed by atoms with Gasteiger partial charge < -0.3 is 9.84 Å². The van der Waals surface area contributed by atoms with Gasteiger partial charge in [-0.15, -0.1) is 0 Å². The van der Waals surface area contributed by atoms with Gasteiger partial charge in [0.1, 0.15) is 5.82 Å². The molecular formula is C28H25FN4O2. The largest absolute Gasteiger partial charge is 0.334 e. The lowest BCUT2D eigenvalue weighted by Gasteiger charge is -2.35. The molecule has 1 atom stereocenters. The van der Waals surface area contributed by atoms with Gasteiger partial charge in [-0.2, -0.15) is 4.98 Å². The van der Waals surface area contributed by atoms with Gasteiger partial charge in [0.25, 0.3) is 5.89 Å². The minimum Gasteiger partial charge on any atom is -0.334 e. The number of aryl methyl sites for hydroxylation is 1. The van der Waals surface area contributed by atoms with Gasteiger partial charge in [-0.25, -0.2) is 9.18 Å². The second kappa shape index (κ2) is 9.93. The molecule has 1 aliphatic heterocycles. The van der Waals surface area contributed by atoms with E-state index in [9.17, 15) is 9.18 Å². The molecule has 0 saturated heterocycles. The van der Waals surface area contributed by atoms with Crippen molar-refractivity contribution in [3.8, 4) is 11.4 Å². The number of benzene rings is 3. The van der Waals surface area contributed by atoms with E-state index in [2.05, 4.69) is 27.6 Å². The number of allylic oxidation sites excluding steroid dienone is 1. The van der Waals surface area contributed by atoms with Crippen molar-refractivity contribution >= 4 is 11.6 Å². The number of aromatic nitrogens is 2. The molecule has 1 aliphatic rings. The van der Waals surface area contributed by atoms with Crippen LogP contribution in [0.15, 0.2) is 95.1 Å². The Morgan fingerprint density at radius 3 is 2.49 bits per heavy atom. The number of rotatable bonds is 7. The molecule has 1 aromatic heterocycles. The molecule has 0 aliphatic carbocycles. The Hall–Kier alpha value is -4.26. The first-order valence-electron chi connectivity index (χ1n) is 11.6. The molecule has 35 heavy (non-hydrogen) atoms. The van der Waals surface area contributed by atoms with Crippen LogP contribution in [0.4, 0.5) is 9.18 Å². The normalized spacial score (nSPS) is 15.9. The lowest BCUT2D eigenvalue weighted by Crippen LogP contribution is -2.46. The van der Waals surface area contributed by atoms with Crippen LogP contribution in [0.5, 0.6) is 0 Å². The van der Waals surface area contributed by atoms with E-state index in [1.165, 1.54) is 17.7 Å². The number of nitrogens with zero attached hydrogens (tertiary/aromatic N) is 3. The highest BCUT2D eigenvalue weighted by Crippen LogP contribution is 2.37. The Labute approximate surface area is 203 Å². The van der Waals surface area contributed by atoms with Gasteiger partial charge in [0.15, 0.2) is 0 Å². The zero-order chi connectivity index (χ0) is 24.2. The molecule has 0 bridgehead atoms. The summed E-state index contributed by atoms with van der Waals surface area (Å²) >= 11 is 0. The summed E-state index contributed by atoms with van der Waals surface area (Å²) in [4.78, 5) is 19.5. The second-order valence-corrected chi connectivity index (χ2v) is 8.47. The Kier molecular flexibility index (Phi) is 6.39. The van der Waals surface area contributed by atoms with Crippen molar-refractivity contribution in [3.63, 3.8) is 0 Å². The highest BCUT2D eigenvalue weighted by Gasteiger charge is 2.35. The SMILES string of the molecule is CC1=C(c2nc(-c3ccccc3)no2)C(c2cccc(F)c2)NC(=O)N1CCCc1ccccc1. The number of nitrogens with one attached hydrogen (secondary N) is 1. The average Bonchev–Trinajstić information content (AvgIpc) is 3.37. The minimum atomic E-state index is -0.618. The standard InChI is InChI=1S/C28H25FN4O2/c1-19-24(27-31-26(32-35-27)21-13-6-3-7-14-21)25(22-15-8-16-23(29)18-22)30-28(34)33(19)17-9-12-20-10-4-2-5-11-20/h2-8,10-11,13-16,18,25H,9,12,17H2,1H3,(H,30,34). The molecular weight excluding hydrogens is 443 g/mol. The van der Waals surface area contributed by atoms with Crippen molar-refractivity contribution < 1.29 is 13.7 Å². The van der Waals surface area contributed by atoms with Crippen LogP contribution >= 0.6 is 0 Å². The lowest BCUT2D eigenvalue weighted by atomic mass is 9.94. The zero-order valence-electron chi connectivity index (χ0n) is 19.3. The fraction of sp³-hybridized carbons (Fsp3) is 0.179. The fourth-order valence-electron chi connectivity index (χ4n) is 4.39. The molecule has 2 amide bonds. The van der Waals surface area contributed by atoms with Gasteiger partial charge in [0, 0.05) is 17.8 Å². The Bertz CT molecular complexity index is 1350. The summed E-state index contributed by atoms with van der Waals surface area (Å²) in [5.41, 5.74) is 4.01. The van der Waals surface area contributed by atoms with Crippen LogP contribution in [0.1, 0.15) is 36.4 Å². The maximum absolute atomic E-state index is 14.1. The van der Waals surface area contributed by atoms with Gasteiger partial charge in [-0.3, -0.25) is 4.90 Å². The summed E-state index contributed by atoms with van der Waals surface area (Å²) in [6, 6.07) is 25.0. The van der Waals surface area contributed by atoms with Crippen LogP contribution in [0.25, 0.3) is 17.0 Å². The van der Waals surface area contributed by atoms with E-state index in [1.807, 2.05) is 55.5 Å². The van der Waals surface area contributed by atoms with Crippen LogP contribution < -0.4 is 5.32 Å². The maximum atomic E-state index is 14.1.